The van der Waals surface area contributed by atoms with E-state index >= 15 is 0 Å². The molecule has 0 amide bonds. The van der Waals surface area contributed by atoms with E-state index in [0.717, 1.165) is 13.0 Å². The molecule has 0 saturated carbocycles. The van der Waals surface area contributed by atoms with Gasteiger partial charge in [0.2, 0.25) is 0 Å². The second-order valence-electron chi connectivity index (χ2n) is 4.34. The molecule has 1 rings (SSSR count). The van der Waals surface area contributed by atoms with Gasteiger partial charge in [-0.15, -0.1) is 0 Å². The summed E-state index contributed by atoms with van der Waals surface area (Å²) in [7, 11) is 1.78. The lowest BCUT2D eigenvalue weighted by Crippen LogP contribution is -2.31. The number of aromatic nitrogens is 2. The van der Waals surface area contributed by atoms with Crippen LogP contribution in [0.2, 0.25) is 0 Å². The normalized spacial score (nSPS) is 12.7. The molecule has 1 heterocycles. The molecular weight excluding hydrogens is 232 g/mol. The van der Waals surface area contributed by atoms with Gasteiger partial charge in [0.1, 0.15) is 11.4 Å². The smallest absolute Gasteiger partial charge is 0.313 e. The first kappa shape index (κ1) is 14.6. The average Bonchev–Trinajstić information content (AvgIpc) is 2.65. The number of nitrogens with zero attached hydrogens (tertiary/aromatic N) is 3. The predicted molar refractivity (Wildman–Crippen MR) is 70.7 cm³/mol. The van der Waals surface area contributed by atoms with Gasteiger partial charge in [-0.3, -0.25) is 14.8 Å². The molecule has 1 aromatic heterocycles. The molecule has 6 nitrogen and oxygen atoms in total. The van der Waals surface area contributed by atoms with Crippen molar-refractivity contribution in [2.45, 2.75) is 46.1 Å². The minimum Gasteiger partial charge on any atom is -0.314 e. The highest BCUT2D eigenvalue weighted by Crippen LogP contribution is 2.25. The Hall–Kier alpha value is -1.43. The van der Waals surface area contributed by atoms with Crippen molar-refractivity contribution in [1.82, 2.24) is 15.1 Å². The number of aryl methyl sites for hydroxylation is 2. The van der Waals surface area contributed by atoms with Crippen molar-refractivity contribution < 1.29 is 4.92 Å². The molecule has 1 aromatic rings. The average molecular weight is 254 g/mol. The van der Waals surface area contributed by atoms with Crippen LogP contribution in [0.15, 0.2) is 0 Å². The lowest BCUT2D eigenvalue weighted by atomic mass is 10.1. The van der Waals surface area contributed by atoms with Crippen molar-refractivity contribution in [2.24, 2.45) is 7.05 Å². The molecule has 0 radical (unpaired) electrons. The number of rotatable bonds is 7. The van der Waals surface area contributed by atoms with Crippen LogP contribution in [0.3, 0.4) is 0 Å². The van der Waals surface area contributed by atoms with Crippen LogP contribution in [0, 0.1) is 10.1 Å². The molecule has 0 aliphatic carbocycles. The summed E-state index contributed by atoms with van der Waals surface area (Å²) in [5.74, 6) is 0. The summed E-state index contributed by atoms with van der Waals surface area (Å²) >= 11 is 0. The van der Waals surface area contributed by atoms with E-state index < -0.39 is 0 Å². The van der Waals surface area contributed by atoms with E-state index in [-0.39, 0.29) is 16.7 Å². The molecule has 1 N–H and O–H groups in total. The Balaban J connectivity index is 3.06. The molecule has 1 unspecified atom stereocenters. The van der Waals surface area contributed by atoms with Gasteiger partial charge in [0.15, 0.2) is 0 Å². The van der Waals surface area contributed by atoms with E-state index in [0.29, 0.717) is 24.2 Å². The van der Waals surface area contributed by atoms with E-state index in [1.54, 1.807) is 11.7 Å². The summed E-state index contributed by atoms with van der Waals surface area (Å²) < 4.78 is 1.65. The van der Waals surface area contributed by atoms with Gasteiger partial charge in [-0.2, -0.15) is 5.10 Å². The Bertz CT molecular complexity index is 414. The summed E-state index contributed by atoms with van der Waals surface area (Å²) in [4.78, 5) is 10.9. The number of hydrogen-bond donors (Lipinski definition) is 1. The molecule has 0 bridgehead atoms. The third-order valence-corrected chi connectivity index (χ3v) is 3.15. The second kappa shape index (κ2) is 6.49. The Labute approximate surface area is 108 Å². The van der Waals surface area contributed by atoms with Gasteiger partial charge in [-0.05, 0) is 19.4 Å². The Kier molecular flexibility index (Phi) is 5.27. The van der Waals surface area contributed by atoms with Gasteiger partial charge in [0.25, 0.3) is 0 Å². The number of nitro groups is 1. The fourth-order valence-electron chi connectivity index (χ4n) is 2.17. The predicted octanol–water partition coefficient (Wildman–Crippen LogP) is 1.82. The van der Waals surface area contributed by atoms with Crippen molar-refractivity contribution in [3.63, 3.8) is 0 Å². The monoisotopic (exact) mass is 254 g/mol. The van der Waals surface area contributed by atoms with Gasteiger partial charge in [0.05, 0.1) is 4.92 Å². The fourth-order valence-corrected chi connectivity index (χ4v) is 2.17. The molecule has 1 atom stereocenters. The molecule has 0 aromatic carbocycles. The van der Waals surface area contributed by atoms with E-state index in [9.17, 15) is 10.1 Å². The SMILES string of the molecule is CCNC(CC)Cc1c([N+](=O)[O-])c(CC)nn1C. The summed E-state index contributed by atoms with van der Waals surface area (Å²) in [6.07, 6.45) is 2.17. The quantitative estimate of drug-likeness (QED) is 0.595. The van der Waals surface area contributed by atoms with Crippen LogP contribution in [0.5, 0.6) is 0 Å². The molecule has 0 fully saturated rings. The second-order valence-corrected chi connectivity index (χ2v) is 4.34. The van der Waals surface area contributed by atoms with Crippen molar-refractivity contribution in [1.29, 1.82) is 0 Å². The summed E-state index contributed by atoms with van der Waals surface area (Å²) in [5.41, 5.74) is 1.48. The van der Waals surface area contributed by atoms with E-state index in [1.165, 1.54) is 0 Å². The van der Waals surface area contributed by atoms with Gasteiger partial charge >= 0.3 is 5.69 Å². The van der Waals surface area contributed by atoms with Gasteiger partial charge in [-0.1, -0.05) is 20.8 Å². The molecule has 0 aliphatic heterocycles. The van der Waals surface area contributed by atoms with E-state index in [1.807, 2.05) is 13.8 Å². The topological polar surface area (TPSA) is 73.0 Å². The highest BCUT2D eigenvalue weighted by molar-refractivity contribution is 5.41. The lowest BCUT2D eigenvalue weighted by Gasteiger charge is -2.15. The number of likely N-dealkylation sites (N-methyl/N-ethyl adjacent to an activating group) is 1. The molecule has 18 heavy (non-hydrogen) atoms. The van der Waals surface area contributed by atoms with Crippen LogP contribution in [0.25, 0.3) is 0 Å². The van der Waals surface area contributed by atoms with Crippen LogP contribution < -0.4 is 5.32 Å². The highest BCUT2D eigenvalue weighted by atomic mass is 16.6. The zero-order chi connectivity index (χ0) is 13.7. The maximum atomic E-state index is 11.2. The first-order valence-electron chi connectivity index (χ1n) is 6.47. The first-order valence-corrected chi connectivity index (χ1v) is 6.47. The third kappa shape index (κ3) is 3.07. The Morgan fingerprint density at radius 2 is 2.11 bits per heavy atom. The summed E-state index contributed by atoms with van der Waals surface area (Å²) in [6, 6.07) is 0.258. The highest BCUT2D eigenvalue weighted by Gasteiger charge is 2.26. The van der Waals surface area contributed by atoms with Crippen molar-refractivity contribution in [3.8, 4) is 0 Å². The van der Waals surface area contributed by atoms with Crippen LogP contribution in [0.4, 0.5) is 5.69 Å². The number of nitrogens with one attached hydrogen (secondary N) is 1. The molecule has 102 valence electrons. The largest absolute Gasteiger partial charge is 0.314 e. The van der Waals surface area contributed by atoms with Crippen LogP contribution in [-0.4, -0.2) is 27.3 Å². The Morgan fingerprint density at radius 1 is 1.44 bits per heavy atom. The molecule has 0 aliphatic rings. The van der Waals surface area contributed by atoms with Gasteiger partial charge in [-0.25, -0.2) is 0 Å². The first-order chi connectivity index (χ1) is 8.54. The van der Waals surface area contributed by atoms with E-state index in [4.69, 9.17) is 0 Å². The fraction of sp³-hybridized carbons (Fsp3) is 0.750. The lowest BCUT2D eigenvalue weighted by molar-refractivity contribution is -0.386. The molecule has 6 heteroatoms. The van der Waals surface area contributed by atoms with Crippen LogP contribution in [0.1, 0.15) is 38.6 Å². The van der Waals surface area contributed by atoms with Crippen LogP contribution in [-0.2, 0) is 19.9 Å². The Morgan fingerprint density at radius 3 is 2.56 bits per heavy atom. The summed E-state index contributed by atoms with van der Waals surface area (Å²) in [5, 5.41) is 18.8. The minimum absolute atomic E-state index is 0.191. The standard InChI is InChI=1S/C12H22N4O2/c1-5-9(13-7-3)8-11-12(16(17)18)10(6-2)14-15(11)4/h9,13H,5-8H2,1-4H3. The van der Waals surface area contributed by atoms with Gasteiger partial charge < -0.3 is 5.32 Å². The third-order valence-electron chi connectivity index (χ3n) is 3.15. The number of hydrogen-bond acceptors (Lipinski definition) is 4. The summed E-state index contributed by atoms with van der Waals surface area (Å²) in [6.45, 7) is 6.87. The minimum atomic E-state index is -0.306. The van der Waals surface area contributed by atoms with Crippen molar-refractivity contribution in [3.05, 3.63) is 21.5 Å². The zero-order valence-corrected chi connectivity index (χ0v) is 11.6. The molecule has 0 saturated heterocycles. The van der Waals surface area contributed by atoms with E-state index in [2.05, 4.69) is 17.3 Å². The van der Waals surface area contributed by atoms with Gasteiger partial charge in [0, 0.05) is 19.5 Å². The van der Waals surface area contributed by atoms with Crippen LogP contribution >= 0.6 is 0 Å². The molecular formula is C12H22N4O2. The van der Waals surface area contributed by atoms with Crippen molar-refractivity contribution in [2.75, 3.05) is 6.54 Å². The zero-order valence-electron chi connectivity index (χ0n) is 11.6. The van der Waals surface area contributed by atoms with Crippen molar-refractivity contribution >= 4 is 5.69 Å². The maximum absolute atomic E-state index is 11.2. The maximum Gasteiger partial charge on any atom is 0.313 e. The molecule has 0 spiro atoms.